The lowest BCUT2D eigenvalue weighted by Gasteiger charge is -2.13. The number of carbonyl (C=O) groups excluding carboxylic acids is 2. The summed E-state index contributed by atoms with van der Waals surface area (Å²) in [5.41, 5.74) is 12.8. The molecular weight excluding hydrogens is 514 g/mol. The van der Waals surface area contributed by atoms with Gasteiger partial charge in [0.05, 0.1) is 0 Å². The van der Waals surface area contributed by atoms with E-state index in [4.69, 9.17) is 15.6 Å². The van der Waals surface area contributed by atoms with E-state index in [2.05, 4.69) is 30.6 Å². The summed E-state index contributed by atoms with van der Waals surface area (Å²) in [7, 11) is 0. The van der Waals surface area contributed by atoms with Crippen molar-refractivity contribution in [3.63, 3.8) is 0 Å². The number of hydrogen-bond donors (Lipinski definition) is 3. The number of aliphatic carboxylic acids is 1. The summed E-state index contributed by atoms with van der Waals surface area (Å²) >= 11 is 0. The van der Waals surface area contributed by atoms with Gasteiger partial charge in [0.2, 0.25) is 6.41 Å². The maximum atomic E-state index is 12.0. The highest BCUT2D eigenvalue weighted by Gasteiger charge is 2.13. The molecule has 1 heterocycles. The van der Waals surface area contributed by atoms with Gasteiger partial charge in [-0.05, 0) is 42.9 Å². The van der Waals surface area contributed by atoms with E-state index in [0.717, 1.165) is 24.8 Å². The maximum Gasteiger partial charge on any atom is 0.303 e. The molecule has 1 aromatic heterocycles. The summed E-state index contributed by atoms with van der Waals surface area (Å²) < 4.78 is 0. The second-order valence-electron chi connectivity index (χ2n) is 10.9. The molecule has 0 saturated heterocycles. The van der Waals surface area contributed by atoms with Gasteiger partial charge in [0.15, 0.2) is 0 Å². The van der Waals surface area contributed by atoms with Crippen molar-refractivity contribution in [1.29, 1.82) is 0 Å². The molecule has 41 heavy (non-hydrogen) atoms. The van der Waals surface area contributed by atoms with E-state index >= 15 is 0 Å². The smallest absolute Gasteiger partial charge is 0.303 e. The predicted molar refractivity (Wildman–Crippen MR) is 172 cm³/mol. The van der Waals surface area contributed by atoms with Gasteiger partial charge < -0.3 is 16.6 Å². The van der Waals surface area contributed by atoms with Crippen LogP contribution in [0.3, 0.4) is 0 Å². The molecule has 0 atom stereocenters. The number of nitrogens with two attached hydrogens (primary N) is 2. The van der Waals surface area contributed by atoms with Crippen molar-refractivity contribution < 1.29 is 19.5 Å². The fraction of sp³-hybridized carbons (Fsp3) is 0.765. The highest BCUT2D eigenvalue weighted by atomic mass is 16.4. The SMILES string of the molecule is CCC(=O)O.CCCCCCCCCCCCc1ccnc(C(N)=O)c1CCCCCCCCCCCC.NC=O. The molecular formula is C34H63N3O4. The summed E-state index contributed by atoms with van der Waals surface area (Å²) in [6.07, 6.45) is 31.0. The van der Waals surface area contributed by atoms with Crippen molar-refractivity contribution in [2.75, 3.05) is 0 Å². The minimum absolute atomic E-state index is 0.222. The van der Waals surface area contributed by atoms with Gasteiger partial charge in [-0.3, -0.25) is 19.4 Å². The standard InChI is InChI=1S/C30H54N2O.C3H6O2.CH3NO/c1-3-5-7-9-11-13-15-17-19-21-23-27-25-26-32-29(30(31)33)28(27)24-22-20-18-16-14-12-10-8-6-4-2;1-2-3(4)5;2-1-3/h25-26H,3-24H2,1-2H3,(H2,31,33);2H2,1H3,(H,4,5);1H,(H2,2,3). The number of nitrogens with zero attached hydrogens (tertiary/aromatic N) is 1. The van der Waals surface area contributed by atoms with Crippen LogP contribution >= 0.6 is 0 Å². The molecule has 7 heteroatoms. The molecule has 0 aliphatic heterocycles. The zero-order valence-electron chi connectivity index (χ0n) is 26.8. The quantitative estimate of drug-likeness (QED) is 0.0833. The second-order valence-corrected chi connectivity index (χ2v) is 10.9. The molecule has 0 aliphatic carbocycles. The fourth-order valence-corrected chi connectivity index (χ4v) is 4.85. The summed E-state index contributed by atoms with van der Waals surface area (Å²) in [4.78, 5) is 34.2. The van der Waals surface area contributed by atoms with Gasteiger partial charge in [-0.2, -0.15) is 0 Å². The number of aryl methyl sites for hydroxylation is 1. The third kappa shape index (κ3) is 27.5. The highest BCUT2D eigenvalue weighted by Crippen LogP contribution is 2.20. The number of rotatable bonds is 24. The predicted octanol–water partition coefficient (Wildman–Crippen LogP) is 8.69. The third-order valence-electron chi connectivity index (χ3n) is 7.27. The third-order valence-corrected chi connectivity index (χ3v) is 7.27. The number of carbonyl (C=O) groups is 3. The van der Waals surface area contributed by atoms with Crippen molar-refractivity contribution in [2.45, 2.75) is 168 Å². The topological polar surface area (TPSA) is 136 Å². The molecule has 0 aliphatic rings. The van der Waals surface area contributed by atoms with Crippen LogP contribution in [0.4, 0.5) is 0 Å². The zero-order chi connectivity index (χ0) is 31.0. The monoisotopic (exact) mass is 577 g/mol. The van der Waals surface area contributed by atoms with Gasteiger partial charge in [0.25, 0.3) is 5.91 Å². The minimum Gasteiger partial charge on any atom is -0.481 e. The molecule has 0 radical (unpaired) electrons. The van der Waals surface area contributed by atoms with E-state index in [1.165, 1.54) is 128 Å². The molecule has 0 saturated carbocycles. The lowest BCUT2D eigenvalue weighted by molar-refractivity contribution is -0.136. The number of pyridine rings is 1. The van der Waals surface area contributed by atoms with E-state index in [9.17, 15) is 9.59 Å². The van der Waals surface area contributed by atoms with E-state index in [1.54, 1.807) is 13.1 Å². The molecule has 1 aromatic rings. The number of unbranched alkanes of at least 4 members (excludes halogenated alkanes) is 18. The highest BCUT2D eigenvalue weighted by molar-refractivity contribution is 5.92. The summed E-state index contributed by atoms with van der Waals surface area (Å²) in [6.45, 7) is 6.15. The summed E-state index contributed by atoms with van der Waals surface area (Å²) in [5, 5.41) is 7.72. The number of carboxylic acid groups (broad SMARTS) is 1. The van der Waals surface area contributed by atoms with E-state index in [0.29, 0.717) is 5.69 Å². The molecule has 1 rings (SSSR count). The lowest BCUT2D eigenvalue weighted by Crippen LogP contribution is -2.17. The number of amides is 2. The van der Waals surface area contributed by atoms with Gasteiger partial charge in [0.1, 0.15) is 5.69 Å². The Kier molecular flexibility index (Phi) is 31.8. The van der Waals surface area contributed by atoms with E-state index in [1.807, 2.05) is 0 Å². The zero-order valence-corrected chi connectivity index (χ0v) is 26.8. The Balaban J connectivity index is 0. The Hall–Kier alpha value is -2.44. The molecule has 5 N–H and O–H groups in total. The molecule has 238 valence electrons. The van der Waals surface area contributed by atoms with Crippen LogP contribution in [0.5, 0.6) is 0 Å². The molecule has 2 amide bonds. The molecule has 0 unspecified atom stereocenters. The maximum absolute atomic E-state index is 12.0. The van der Waals surface area contributed by atoms with Gasteiger partial charge in [-0.1, -0.05) is 136 Å². The number of aromatic nitrogens is 1. The molecule has 0 spiro atoms. The number of carboxylic acids is 1. The second kappa shape index (κ2) is 32.1. The number of hydrogen-bond acceptors (Lipinski definition) is 4. The Morgan fingerprint density at radius 1 is 0.707 bits per heavy atom. The Bertz CT molecular complexity index is 755. The molecule has 0 fully saturated rings. The van der Waals surface area contributed by atoms with Crippen molar-refractivity contribution in [2.24, 2.45) is 11.5 Å². The lowest BCUT2D eigenvalue weighted by atomic mass is 9.95. The van der Waals surface area contributed by atoms with Crippen molar-refractivity contribution in [3.05, 3.63) is 29.1 Å². The van der Waals surface area contributed by atoms with Crippen LogP contribution in [-0.4, -0.2) is 28.4 Å². The first-order valence-corrected chi connectivity index (χ1v) is 16.5. The Labute approximate surface area is 251 Å². The molecule has 0 bridgehead atoms. The normalized spacial score (nSPS) is 10.2. The summed E-state index contributed by atoms with van der Waals surface area (Å²) in [5.74, 6) is -1.12. The first-order chi connectivity index (χ1) is 19.9. The fourth-order valence-electron chi connectivity index (χ4n) is 4.85. The first kappa shape index (κ1) is 40.7. The minimum atomic E-state index is -0.745. The van der Waals surface area contributed by atoms with Gasteiger partial charge >= 0.3 is 5.97 Å². The summed E-state index contributed by atoms with van der Waals surface area (Å²) in [6, 6.07) is 2.12. The largest absolute Gasteiger partial charge is 0.481 e. The van der Waals surface area contributed by atoms with Crippen LogP contribution in [0.2, 0.25) is 0 Å². The van der Waals surface area contributed by atoms with Crippen LogP contribution in [0.15, 0.2) is 12.3 Å². The van der Waals surface area contributed by atoms with E-state index in [-0.39, 0.29) is 18.7 Å². The van der Waals surface area contributed by atoms with Crippen molar-refractivity contribution >= 4 is 18.3 Å². The Morgan fingerprint density at radius 3 is 1.39 bits per heavy atom. The van der Waals surface area contributed by atoms with Gasteiger partial charge in [-0.15, -0.1) is 0 Å². The average Bonchev–Trinajstić information content (AvgIpc) is 2.96. The Morgan fingerprint density at radius 2 is 1.05 bits per heavy atom. The molecule has 7 nitrogen and oxygen atoms in total. The molecule has 0 aromatic carbocycles. The average molecular weight is 578 g/mol. The number of primary amides is 2. The van der Waals surface area contributed by atoms with Crippen molar-refractivity contribution in [3.8, 4) is 0 Å². The first-order valence-electron chi connectivity index (χ1n) is 16.5. The van der Waals surface area contributed by atoms with E-state index < -0.39 is 5.97 Å². The van der Waals surface area contributed by atoms with Crippen LogP contribution < -0.4 is 11.5 Å². The van der Waals surface area contributed by atoms with Gasteiger partial charge in [-0.25, -0.2) is 0 Å². The van der Waals surface area contributed by atoms with Crippen LogP contribution in [0.25, 0.3) is 0 Å². The van der Waals surface area contributed by atoms with Crippen LogP contribution in [-0.2, 0) is 22.4 Å². The van der Waals surface area contributed by atoms with Crippen molar-refractivity contribution in [1.82, 2.24) is 4.98 Å². The van der Waals surface area contributed by atoms with Crippen LogP contribution in [0, 0.1) is 0 Å². The van der Waals surface area contributed by atoms with Gasteiger partial charge in [0, 0.05) is 12.6 Å². The van der Waals surface area contributed by atoms with Crippen LogP contribution in [0.1, 0.15) is 177 Å².